The molecule has 1 atom stereocenters. The molecule has 0 aliphatic carbocycles. The van der Waals surface area contributed by atoms with Crippen molar-refractivity contribution >= 4 is 25.5 Å². The maximum atomic E-state index is 11.7. The molecule has 0 aromatic carbocycles. The third-order valence-electron chi connectivity index (χ3n) is 2.20. The van der Waals surface area contributed by atoms with Crippen molar-refractivity contribution in [3.63, 3.8) is 0 Å². The summed E-state index contributed by atoms with van der Waals surface area (Å²) < 4.78 is 50.3. The maximum absolute atomic E-state index is 11.7. The Bertz CT molecular complexity index is 412. The van der Waals surface area contributed by atoms with Crippen molar-refractivity contribution in [1.82, 2.24) is 4.90 Å². The summed E-state index contributed by atoms with van der Waals surface area (Å²) in [5, 5.41) is 0. The van der Waals surface area contributed by atoms with Crippen LogP contribution in [0.5, 0.6) is 0 Å². The molecule has 0 radical (unpaired) electrons. The number of likely N-dealkylation sites (tertiary alicyclic amines) is 1. The Labute approximate surface area is 203 Å². The largest absolute Gasteiger partial charge is 2.00 e. The van der Waals surface area contributed by atoms with Gasteiger partial charge in [-0.3, -0.25) is 6.79 Å². The van der Waals surface area contributed by atoms with E-state index in [9.17, 15) is 4.79 Å². The van der Waals surface area contributed by atoms with Crippen molar-refractivity contribution in [2.45, 2.75) is 45.3 Å². The summed E-state index contributed by atoms with van der Waals surface area (Å²) in [6.45, 7) is 36.7. The molecule has 0 N–H and O–H groups in total. The molecule has 168 valence electrons. The molecular weight excluding hydrogens is 506 g/mol. The van der Waals surface area contributed by atoms with E-state index in [-0.39, 0.29) is 46.3 Å². The van der Waals surface area contributed by atoms with Crippen molar-refractivity contribution in [2.75, 3.05) is 12.3 Å². The van der Waals surface area contributed by atoms with Crippen LogP contribution in [0.15, 0.2) is 0 Å². The van der Waals surface area contributed by atoms with E-state index in [1.54, 1.807) is 4.90 Å². The van der Waals surface area contributed by atoms with Crippen LogP contribution < -0.4 is 0 Å². The first-order valence-corrected chi connectivity index (χ1v) is 7.05. The summed E-state index contributed by atoms with van der Waals surface area (Å²) in [5.74, 6) is 0.610. The van der Waals surface area contributed by atoms with Crippen LogP contribution in [0.2, 0.25) is 0 Å². The first kappa shape index (κ1) is 56.8. The van der Waals surface area contributed by atoms with Crippen molar-refractivity contribution in [3.05, 3.63) is 39.9 Å². The van der Waals surface area contributed by atoms with Crippen LogP contribution in [0.1, 0.15) is 33.6 Å². The summed E-state index contributed by atoms with van der Waals surface area (Å²) in [6, 6.07) is 0.208. The van der Waals surface area contributed by atoms with E-state index in [1.807, 2.05) is 20.8 Å². The molecule has 1 heterocycles. The van der Waals surface area contributed by atoms with Gasteiger partial charge in [0.15, 0.2) is 0 Å². The summed E-state index contributed by atoms with van der Waals surface area (Å²) in [4.78, 5) is 21.2. The minimum absolute atomic E-state index is 0. The average Bonchev–Trinajstić information content (AvgIpc) is 3.26. The third-order valence-corrected chi connectivity index (χ3v) is 2.58. The molecule has 0 aromatic rings. The van der Waals surface area contributed by atoms with E-state index in [0.717, 1.165) is 19.4 Å². The fourth-order valence-corrected chi connectivity index (χ4v) is 1.92. The molecule has 1 aliphatic rings. The molecule has 1 amide bonds. The van der Waals surface area contributed by atoms with Crippen LogP contribution in [0.3, 0.4) is 0 Å². The predicted octanol–water partition coefficient (Wildman–Crippen LogP) is 1.43. The van der Waals surface area contributed by atoms with E-state index in [1.165, 1.54) is 0 Å². The zero-order valence-corrected chi connectivity index (χ0v) is 19.2. The fraction of sp³-hybridized carbons (Fsp3) is 0.529. The Hall–Kier alpha value is -1.23. The Morgan fingerprint density at radius 2 is 1.27 bits per heavy atom. The molecule has 1 fully saturated rings. The Morgan fingerprint density at radius 3 is 1.50 bits per heavy atom. The van der Waals surface area contributed by atoms with E-state index < -0.39 is 5.60 Å². The second-order valence-corrected chi connectivity index (χ2v) is 4.97. The van der Waals surface area contributed by atoms with E-state index in [2.05, 4.69) is 46.7 Å². The second-order valence-electron chi connectivity index (χ2n) is 4.64. The molecule has 0 unspecified atom stereocenters. The monoisotopic (exact) mass is 525 g/mol. The van der Waals surface area contributed by atoms with Gasteiger partial charge in [0.25, 0.3) is 0 Å². The van der Waals surface area contributed by atoms with Crippen LogP contribution in [0.25, 0.3) is 0 Å². The van der Waals surface area contributed by atoms with Crippen LogP contribution in [-0.4, -0.2) is 41.7 Å². The molecule has 13 heteroatoms. The molecule has 1 saturated heterocycles. The van der Waals surface area contributed by atoms with Crippen LogP contribution in [0, 0.1) is 39.9 Å². The number of carbonyl (C=O) groups is 1. The van der Waals surface area contributed by atoms with Crippen molar-refractivity contribution < 1.29 is 76.4 Å². The van der Waals surface area contributed by atoms with Crippen LogP contribution in [-0.2, 0) is 84.2 Å². The van der Waals surface area contributed by atoms with Gasteiger partial charge in [0, 0.05) is 29.7 Å². The number of ether oxygens (including phenoxy) is 1. The molecule has 1 rings (SSSR count). The molecule has 30 heavy (non-hydrogen) atoms. The third kappa shape index (κ3) is 45.5. The van der Waals surface area contributed by atoms with Gasteiger partial charge in [-0.1, -0.05) is 0 Å². The predicted molar refractivity (Wildman–Crippen MR) is 88.5 cm³/mol. The zero-order chi connectivity index (χ0) is 24.8. The quantitative estimate of drug-likeness (QED) is 0.166. The molecule has 0 spiro atoms. The summed E-state index contributed by atoms with van der Waals surface area (Å²) in [5.41, 5.74) is -0.411. The Kier molecular flexibility index (Phi) is 107. The van der Waals surface area contributed by atoms with Crippen molar-refractivity contribution in [3.8, 4) is 0 Å². The van der Waals surface area contributed by atoms with E-state index >= 15 is 0 Å². The smallest absolute Gasteiger partial charge is 0.545 e. The van der Waals surface area contributed by atoms with Crippen molar-refractivity contribution in [2.24, 2.45) is 0 Å². The minimum Gasteiger partial charge on any atom is -0.545 e. The molecule has 0 bridgehead atoms. The van der Waals surface area contributed by atoms with Gasteiger partial charge < -0.3 is 27.1 Å². The van der Waals surface area contributed by atoms with Crippen LogP contribution >= 0.6 is 0 Å². The normalized spacial score (nSPS) is 11.1. The standard InChI is InChI=1S/C10H19NO2S.CHO.6CO.2Fe/c1-10(2,3)13-9(12)11-6-4-5-8(11)7-14;7*1-2;;/h8,14H,4-7H2,1-3H3;1H;;;;;;;;/q;-1;;;;;;;;+2/p-1/t8-;;;;;;;;;/m0........./s1. The maximum Gasteiger partial charge on any atom is 2.00 e. The molecular formula is C17H19Fe2NO9S. The van der Waals surface area contributed by atoms with Gasteiger partial charge in [-0.15, -0.1) is 0 Å². The fourth-order valence-electron chi connectivity index (χ4n) is 1.57. The second kappa shape index (κ2) is 56.5. The van der Waals surface area contributed by atoms with Gasteiger partial charge in [0.1, 0.15) is 5.60 Å². The summed E-state index contributed by atoms with van der Waals surface area (Å²) in [6.07, 6.45) is 1.84. The van der Waals surface area contributed by atoms with Crippen molar-refractivity contribution in [1.29, 1.82) is 0 Å². The number of rotatable bonds is 1. The molecule has 0 saturated carbocycles. The zero-order valence-electron chi connectivity index (χ0n) is 16.2. The van der Waals surface area contributed by atoms with Gasteiger partial charge in [-0.2, -0.15) is 5.75 Å². The van der Waals surface area contributed by atoms with Gasteiger partial charge in [0.2, 0.25) is 0 Å². The molecule has 0 aromatic heterocycles. The van der Waals surface area contributed by atoms with Gasteiger partial charge in [0.05, 0.1) is 0 Å². The van der Waals surface area contributed by atoms with Crippen LogP contribution in [0.4, 0.5) is 4.79 Å². The van der Waals surface area contributed by atoms with E-state index in [0.29, 0.717) is 5.75 Å². The molecule has 10 nitrogen and oxygen atoms in total. The number of nitrogens with zero attached hydrogens (tertiary/aromatic N) is 1. The van der Waals surface area contributed by atoms with Gasteiger partial charge in [-0.05, 0) is 33.6 Å². The number of hydrogen-bond donors (Lipinski definition) is 0. The van der Waals surface area contributed by atoms with E-state index in [4.69, 9.17) is 50.1 Å². The van der Waals surface area contributed by atoms with Gasteiger partial charge in [-0.25, -0.2) is 4.79 Å². The SMILES string of the molecule is CC(C)(C)OC(=O)N1CCC[C@H]1C[S-].[C-]#[O+].[C-]#[O+].[C-]#[O+].[C-]#[O+].[C-]#[O+].[C-]#[O+].[CH-]=O.[Fe+2].[Fe]. The average molecular weight is 525 g/mol. The minimum atomic E-state index is -0.411. The first-order valence-electron chi connectivity index (χ1n) is 6.48. The Balaban J connectivity index is -0.0000000337. The summed E-state index contributed by atoms with van der Waals surface area (Å²) in [7, 11) is 0. The van der Waals surface area contributed by atoms with Gasteiger partial charge >= 0.3 is 91.0 Å². The number of hydrogen-bond acceptors (Lipinski definition) is 4. The number of carbonyl (C=O) groups excluding carboxylic acids is 2. The molecule has 1 aliphatic heterocycles. The Morgan fingerprint density at radius 1 is 0.967 bits per heavy atom. The topological polar surface area (TPSA) is 166 Å². The first-order chi connectivity index (χ1) is 13.4. The number of amides is 1. The summed E-state index contributed by atoms with van der Waals surface area (Å²) >= 11 is 5.00.